The molecule has 1 aromatic carbocycles. The maximum absolute atomic E-state index is 5.98. The van der Waals surface area contributed by atoms with Gasteiger partial charge < -0.3 is 10.6 Å². The van der Waals surface area contributed by atoms with Crippen LogP contribution in [-0.4, -0.2) is 19.1 Å². The Morgan fingerprint density at radius 3 is 2.28 bits per heavy atom. The smallest absolute Gasteiger partial charge is 0.0366 e. The van der Waals surface area contributed by atoms with Crippen molar-refractivity contribution in [2.45, 2.75) is 45.1 Å². The first-order chi connectivity index (χ1) is 8.29. The quantitative estimate of drug-likeness (QED) is 0.907. The highest BCUT2D eigenvalue weighted by atomic mass is 35.5. The van der Waals surface area contributed by atoms with E-state index in [1.54, 1.807) is 0 Å². The predicted molar refractivity (Wildman–Crippen MR) is 81.7 cm³/mol. The van der Waals surface area contributed by atoms with Gasteiger partial charge in [0.1, 0.15) is 0 Å². The van der Waals surface area contributed by atoms with Gasteiger partial charge in [-0.2, -0.15) is 0 Å². The Kier molecular flexibility index (Phi) is 6.51. The minimum absolute atomic E-state index is 0. The van der Waals surface area contributed by atoms with E-state index in [1.165, 1.54) is 43.6 Å². The number of hydrogen-bond donors (Lipinski definition) is 1. The summed E-state index contributed by atoms with van der Waals surface area (Å²) in [6, 6.07) is 9.28. The number of hydrogen-bond acceptors (Lipinski definition) is 2. The number of anilines is 1. The van der Waals surface area contributed by atoms with Crippen molar-refractivity contribution in [2.24, 2.45) is 5.73 Å². The summed E-state index contributed by atoms with van der Waals surface area (Å²) in [4.78, 5) is 2.49. The van der Waals surface area contributed by atoms with Crippen LogP contribution >= 0.6 is 12.4 Å². The molecule has 1 aliphatic rings. The highest BCUT2D eigenvalue weighted by Crippen LogP contribution is 2.20. The Hall–Kier alpha value is -0.730. The molecule has 0 aliphatic carbocycles. The third-order valence-electron chi connectivity index (χ3n) is 3.68. The second-order valence-electron chi connectivity index (χ2n) is 5.09. The second-order valence-corrected chi connectivity index (χ2v) is 5.09. The summed E-state index contributed by atoms with van der Waals surface area (Å²) in [7, 11) is 0. The largest absolute Gasteiger partial charge is 0.372 e. The zero-order valence-corrected chi connectivity index (χ0v) is 12.1. The van der Waals surface area contributed by atoms with E-state index in [4.69, 9.17) is 5.73 Å². The van der Waals surface area contributed by atoms with Crippen LogP contribution in [0.3, 0.4) is 0 Å². The molecule has 1 saturated heterocycles. The molecule has 0 aromatic heterocycles. The number of halogens is 1. The van der Waals surface area contributed by atoms with Gasteiger partial charge >= 0.3 is 0 Å². The molecule has 102 valence electrons. The Bertz CT molecular complexity index is 331. The van der Waals surface area contributed by atoms with Crippen molar-refractivity contribution in [3.8, 4) is 0 Å². The molecule has 0 amide bonds. The van der Waals surface area contributed by atoms with Crippen molar-refractivity contribution >= 4 is 18.1 Å². The summed E-state index contributed by atoms with van der Waals surface area (Å²) in [5.74, 6) is 0. The molecule has 18 heavy (non-hydrogen) atoms. The van der Waals surface area contributed by atoms with Gasteiger partial charge in [0, 0.05) is 24.8 Å². The van der Waals surface area contributed by atoms with Crippen LogP contribution in [0.1, 0.15) is 38.2 Å². The topological polar surface area (TPSA) is 29.3 Å². The summed E-state index contributed by atoms with van der Waals surface area (Å²) >= 11 is 0. The van der Waals surface area contributed by atoms with Crippen LogP contribution in [0, 0.1) is 0 Å². The standard InChI is InChI=1S/C15H24N2.ClH/c1-2-14(16)12-13-6-8-15(9-7-13)17-10-4-3-5-11-17;/h6-9,14H,2-5,10-12,16H2,1H3;1H. The summed E-state index contributed by atoms with van der Waals surface area (Å²) in [5.41, 5.74) is 8.71. The first-order valence-corrected chi connectivity index (χ1v) is 6.89. The number of rotatable bonds is 4. The van der Waals surface area contributed by atoms with Gasteiger partial charge in [-0.3, -0.25) is 0 Å². The molecule has 1 heterocycles. The highest BCUT2D eigenvalue weighted by Gasteiger charge is 2.10. The predicted octanol–water partition coefficient (Wildman–Crippen LogP) is 3.38. The SMILES string of the molecule is CCC(N)Cc1ccc(N2CCCCC2)cc1.Cl. The van der Waals surface area contributed by atoms with Gasteiger partial charge in [0.2, 0.25) is 0 Å². The minimum Gasteiger partial charge on any atom is -0.372 e. The molecule has 3 heteroatoms. The summed E-state index contributed by atoms with van der Waals surface area (Å²) in [6.45, 7) is 4.58. The van der Waals surface area contributed by atoms with Gasteiger partial charge in [-0.1, -0.05) is 19.1 Å². The lowest BCUT2D eigenvalue weighted by molar-refractivity contribution is 0.577. The molecule has 1 unspecified atom stereocenters. The van der Waals surface area contributed by atoms with Crippen molar-refractivity contribution < 1.29 is 0 Å². The van der Waals surface area contributed by atoms with Crippen LogP contribution in [0.2, 0.25) is 0 Å². The fourth-order valence-corrected chi connectivity index (χ4v) is 2.44. The number of nitrogens with two attached hydrogens (primary N) is 1. The van der Waals surface area contributed by atoms with E-state index in [1.807, 2.05) is 0 Å². The maximum atomic E-state index is 5.98. The molecule has 2 nitrogen and oxygen atoms in total. The first kappa shape index (κ1) is 15.3. The van der Waals surface area contributed by atoms with Crippen molar-refractivity contribution in [1.29, 1.82) is 0 Å². The highest BCUT2D eigenvalue weighted by molar-refractivity contribution is 5.85. The summed E-state index contributed by atoms with van der Waals surface area (Å²) < 4.78 is 0. The lowest BCUT2D eigenvalue weighted by atomic mass is 10.0. The molecular weight excluding hydrogens is 244 g/mol. The number of piperidine rings is 1. The zero-order chi connectivity index (χ0) is 12.1. The lowest BCUT2D eigenvalue weighted by Gasteiger charge is -2.29. The van der Waals surface area contributed by atoms with Crippen LogP contribution in [0.5, 0.6) is 0 Å². The van der Waals surface area contributed by atoms with E-state index in [-0.39, 0.29) is 12.4 Å². The van der Waals surface area contributed by atoms with Crippen LogP contribution in [0.15, 0.2) is 24.3 Å². The molecule has 0 radical (unpaired) electrons. The lowest BCUT2D eigenvalue weighted by Crippen LogP contribution is -2.29. The van der Waals surface area contributed by atoms with Gasteiger partial charge in [-0.15, -0.1) is 12.4 Å². The normalized spacial score (nSPS) is 17.1. The fourth-order valence-electron chi connectivity index (χ4n) is 2.44. The third kappa shape index (κ3) is 4.18. The van der Waals surface area contributed by atoms with Gasteiger partial charge in [-0.05, 0) is 49.8 Å². The Labute approximate surface area is 117 Å². The maximum Gasteiger partial charge on any atom is 0.0366 e. The second kappa shape index (κ2) is 7.65. The molecule has 1 atom stereocenters. The van der Waals surface area contributed by atoms with E-state index < -0.39 is 0 Å². The molecule has 1 fully saturated rings. The van der Waals surface area contributed by atoms with Crippen molar-refractivity contribution in [3.63, 3.8) is 0 Å². The van der Waals surface area contributed by atoms with Crippen LogP contribution in [-0.2, 0) is 6.42 Å². The molecular formula is C15H25ClN2. The van der Waals surface area contributed by atoms with Gasteiger partial charge in [0.25, 0.3) is 0 Å². The van der Waals surface area contributed by atoms with Crippen LogP contribution in [0.4, 0.5) is 5.69 Å². The average Bonchev–Trinajstić information content (AvgIpc) is 2.40. The van der Waals surface area contributed by atoms with Crippen LogP contribution < -0.4 is 10.6 Å². The minimum atomic E-state index is 0. The summed E-state index contributed by atoms with van der Waals surface area (Å²) in [6.07, 6.45) is 6.11. The molecule has 0 spiro atoms. The number of nitrogens with zero attached hydrogens (tertiary/aromatic N) is 1. The Morgan fingerprint density at radius 2 is 1.72 bits per heavy atom. The fraction of sp³-hybridized carbons (Fsp3) is 0.600. The van der Waals surface area contributed by atoms with Gasteiger partial charge in [-0.25, -0.2) is 0 Å². The molecule has 0 bridgehead atoms. The van der Waals surface area contributed by atoms with E-state index >= 15 is 0 Å². The van der Waals surface area contributed by atoms with Gasteiger partial charge in [0.05, 0.1) is 0 Å². The van der Waals surface area contributed by atoms with E-state index in [0.717, 1.165) is 12.8 Å². The monoisotopic (exact) mass is 268 g/mol. The van der Waals surface area contributed by atoms with Crippen LogP contribution in [0.25, 0.3) is 0 Å². The molecule has 1 aromatic rings. The molecule has 2 rings (SSSR count). The third-order valence-corrected chi connectivity index (χ3v) is 3.68. The Balaban J connectivity index is 0.00000162. The summed E-state index contributed by atoms with van der Waals surface area (Å²) in [5, 5.41) is 0. The van der Waals surface area contributed by atoms with Crippen molar-refractivity contribution in [1.82, 2.24) is 0 Å². The molecule has 0 saturated carbocycles. The van der Waals surface area contributed by atoms with E-state index in [9.17, 15) is 0 Å². The van der Waals surface area contributed by atoms with Crippen molar-refractivity contribution in [2.75, 3.05) is 18.0 Å². The van der Waals surface area contributed by atoms with E-state index in [0.29, 0.717) is 6.04 Å². The van der Waals surface area contributed by atoms with E-state index in [2.05, 4.69) is 36.1 Å². The molecule has 1 aliphatic heterocycles. The number of benzene rings is 1. The van der Waals surface area contributed by atoms with Gasteiger partial charge in [0.15, 0.2) is 0 Å². The molecule has 2 N–H and O–H groups in total. The average molecular weight is 269 g/mol. The Morgan fingerprint density at radius 1 is 1.11 bits per heavy atom. The first-order valence-electron chi connectivity index (χ1n) is 6.89. The van der Waals surface area contributed by atoms with Crippen molar-refractivity contribution in [3.05, 3.63) is 29.8 Å². The zero-order valence-electron chi connectivity index (χ0n) is 11.3.